The summed E-state index contributed by atoms with van der Waals surface area (Å²) in [4.78, 5) is 0. The first-order chi connectivity index (χ1) is 25.5. The second-order valence-electron chi connectivity index (χ2n) is 12.1. The maximum Gasteiger partial charge on any atom is 0.129 e. The van der Waals surface area contributed by atoms with Crippen molar-refractivity contribution in [2.75, 3.05) is 0 Å². The molecule has 4 aromatic carbocycles. The van der Waals surface area contributed by atoms with E-state index in [1.807, 2.05) is 20.8 Å². The third kappa shape index (κ3) is 13.0. The predicted molar refractivity (Wildman–Crippen MR) is 209 cm³/mol. The third-order valence-corrected chi connectivity index (χ3v) is 7.85. The van der Waals surface area contributed by atoms with Gasteiger partial charge >= 0.3 is 0 Å². The smallest absolute Gasteiger partial charge is 0.129 e. The highest BCUT2D eigenvalue weighted by Gasteiger charge is 2.16. The van der Waals surface area contributed by atoms with E-state index in [1.54, 1.807) is 18.2 Å². The van der Waals surface area contributed by atoms with E-state index in [0.29, 0.717) is 71.9 Å². The molecule has 4 rings (SSSR count). The number of benzene rings is 4. The molecule has 0 fully saturated rings. The summed E-state index contributed by atoms with van der Waals surface area (Å²) in [6.45, 7) is 16.4. The summed E-state index contributed by atoms with van der Waals surface area (Å²) in [6.07, 6.45) is 10.2. The van der Waals surface area contributed by atoms with Crippen molar-refractivity contribution in [1.29, 1.82) is 0 Å². The molecular weight excluding hydrogens is 696 g/mol. The fourth-order valence-electron chi connectivity index (χ4n) is 5.26. The van der Waals surface area contributed by atoms with Crippen molar-refractivity contribution in [3.63, 3.8) is 0 Å². The monoisotopic (exact) mass is 750 g/mol. The first-order valence-corrected chi connectivity index (χ1v) is 17.3. The number of hydrogen-bond acceptors (Lipinski definition) is 12. The Balaban J connectivity index is 0.000000362. The van der Waals surface area contributed by atoms with Crippen LogP contribution in [-0.4, -0.2) is 61.3 Å². The molecule has 54 heavy (non-hydrogen) atoms. The number of hydrogen-bond donors (Lipinski definition) is 12. The molecule has 0 bridgehead atoms. The third-order valence-electron chi connectivity index (χ3n) is 7.85. The summed E-state index contributed by atoms with van der Waals surface area (Å²) >= 11 is 0. The van der Waals surface area contributed by atoms with Crippen LogP contribution < -0.4 is 0 Å². The Bertz CT molecular complexity index is 1750. The van der Waals surface area contributed by atoms with E-state index < -0.39 is 0 Å². The Morgan fingerprint density at radius 2 is 0.593 bits per heavy atom. The molecule has 294 valence electrons. The number of phenols is 12. The van der Waals surface area contributed by atoms with E-state index in [4.69, 9.17) is 10.2 Å². The predicted octanol–water partition coefficient (Wildman–Crippen LogP) is 8.26. The fourth-order valence-corrected chi connectivity index (χ4v) is 5.26. The van der Waals surface area contributed by atoms with Gasteiger partial charge in [0.05, 0.1) is 0 Å². The van der Waals surface area contributed by atoms with Crippen LogP contribution in [-0.2, 0) is 38.5 Å². The van der Waals surface area contributed by atoms with Crippen LogP contribution in [0.25, 0.3) is 0 Å². The first-order valence-electron chi connectivity index (χ1n) is 17.3. The lowest BCUT2D eigenvalue weighted by atomic mass is 10.00. The van der Waals surface area contributed by atoms with E-state index in [0.717, 1.165) is 19.3 Å². The van der Waals surface area contributed by atoms with Crippen LogP contribution in [0.3, 0.4) is 0 Å². The van der Waals surface area contributed by atoms with Gasteiger partial charge in [-0.05, 0) is 38.5 Å². The quantitative estimate of drug-likeness (QED) is 0.0613. The Morgan fingerprint density at radius 3 is 0.907 bits per heavy atom. The molecular formula is C42H54O12. The molecule has 0 heterocycles. The maximum atomic E-state index is 9.89. The van der Waals surface area contributed by atoms with E-state index in [2.05, 4.69) is 19.7 Å². The molecule has 0 atom stereocenters. The van der Waals surface area contributed by atoms with Crippen molar-refractivity contribution < 1.29 is 61.3 Å². The minimum Gasteiger partial charge on any atom is -0.508 e. The van der Waals surface area contributed by atoms with Crippen molar-refractivity contribution in [2.24, 2.45) is 0 Å². The van der Waals surface area contributed by atoms with Crippen LogP contribution in [0.4, 0.5) is 0 Å². The van der Waals surface area contributed by atoms with Gasteiger partial charge in [0.15, 0.2) is 0 Å². The molecule has 0 aliphatic carbocycles. The molecule has 12 N–H and O–H groups in total. The first kappa shape index (κ1) is 45.7. The summed E-state index contributed by atoms with van der Waals surface area (Å²) in [7, 11) is 0. The standard InChI is InChI=1S/C12H18O3.C12H14O3.C9H12O3.C9H10O3/c2*1-3-5-8-10(13)7-11(14)9(6-4-2)12(8)15;2*1-2-3-7-8(11)4-6(10)5-9(7)12/h7,13-15H,3-6H2,1-2H3;3-4,7,13-15H,1-2,5-6H2;4-5,10-12H,2-3H2,1H3;2,4-5,10-12H,1,3H2. The molecule has 0 saturated heterocycles. The van der Waals surface area contributed by atoms with Gasteiger partial charge in [-0.15, -0.1) is 19.7 Å². The molecule has 0 saturated carbocycles. The molecule has 0 unspecified atom stereocenters. The fraction of sp³-hybridized carbons (Fsp3) is 0.286. The Morgan fingerprint density at radius 1 is 0.352 bits per heavy atom. The van der Waals surface area contributed by atoms with Crippen LogP contribution in [0.2, 0.25) is 0 Å². The van der Waals surface area contributed by atoms with Crippen molar-refractivity contribution >= 4 is 0 Å². The van der Waals surface area contributed by atoms with E-state index in [9.17, 15) is 51.1 Å². The largest absolute Gasteiger partial charge is 0.508 e. The SMILES string of the molecule is C=CCc1c(O)cc(O)c(CC=C)c1O.C=CCc1c(O)cc(O)cc1O.CCCc1c(O)cc(O)c(CCC)c1O.CCCc1c(O)cc(O)cc1O. The molecule has 0 amide bonds. The number of allylic oxidation sites excluding steroid dienone is 3. The molecule has 0 aromatic heterocycles. The minimum absolute atomic E-state index is 0.0216. The Hall–Kier alpha value is -6.30. The zero-order valence-electron chi connectivity index (χ0n) is 31.0. The van der Waals surface area contributed by atoms with E-state index >= 15 is 0 Å². The van der Waals surface area contributed by atoms with Gasteiger partial charge in [0.1, 0.15) is 69.0 Å². The highest BCUT2D eigenvalue weighted by Crippen LogP contribution is 2.40. The second kappa shape index (κ2) is 22.6. The van der Waals surface area contributed by atoms with Crippen molar-refractivity contribution in [1.82, 2.24) is 0 Å². The molecule has 0 radical (unpaired) electrons. The Labute approximate surface area is 316 Å². The van der Waals surface area contributed by atoms with Crippen LogP contribution in [0.5, 0.6) is 69.0 Å². The molecule has 0 spiro atoms. The maximum absolute atomic E-state index is 9.89. The number of phenolic OH excluding ortho intramolecular Hbond substituents is 12. The molecule has 4 aromatic rings. The Kier molecular flexibility index (Phi) is 19.1. The van der Waals surface area contributed by atoms with Crippen LogP contribution in [0.1, 0.15) is 73.4 Å². The highest BCUT2D eigenvalue weighted by molar-refractivity contribution is 5.57. The summed E-state index contributed by atoms with van der Waals surface area (Å²) in [5.41, 5.74) is 2.70. The lowest BCUT2D eigenvalue weighted by Gasteiger charge is -2.12. The van der Waals surface area contributed by atoms with E-state index in [-0.39, 0.29) is 69.0 Å². The van der Waals surface area contributed by atoms with Crippen LogP contribution >= 0.6 is 0 Å². The van der Waals surface area contributed by atoms with Gasteiger partial charge in [-0.1, -0.05) is 58.3 Å². The van der Waals surface area contributed by atoms with Gasteiger partial charge in [-0.2, -0.15) is 0 Å². The topological polar surface area (TPSA) is 243 Å². The van der Waals surface area contributed by atoms with Crippen LogP contribution in [0, 0.1) is 0 Å². The van der Waals surface area contributed by atoms with Gasteiger partial charge in [0.2, 0.25) is 0 Å². The molecule has 12 nitrogen and oxygen atoms in total. The minimum atomic E-state index is -0.155. The molecule has 0 aliphatic heterocycles. The summed E-state index contributed by atoms with van der Waals surface area (Å²) in [5, 5.41) is 113. The average molecular weight is 751 g/mol. The normalized spacial score (nSPS) is 10.1. The zero-order valence-corrected chi connectivity index (χ0v) is 31.0. The lowest BCUT2D eigenvalue weighted by molar-refractivity contribution is 0.409. The van der Waals surface area contributed by atoms with Gasteiger partial charge in [-0.3, -0.25) is 0 Å². The summed E-state index contributed by atoms with van der Waals surface area (Å²) in [6, 6.07) is 7.35. The van der Waals surface area contributed by atoms with E-state index in [1.165, 1.54) is 36.4 Å². The van der Waals surface area contributed by atoms with Gasteiger partial charge in [0, 0.05) is 69.8 Å². The molecule has 0 aliphatic rings. The highest BCUT2D eigenvalue weighted by atomic mass is 16.3. The zero-order chi connectivity index (χ0) is 41.1. The summed E-state index contributed by atoms with van der Waals surface area (Å²) < 4.78 is 0. The van der Waals surface area contributed by atoms with Crippen LogP contribution in [0.15, 0.2) is 74.4 Å². The van der Waals surface area contributed by atoms with Gasteiger partial charge < -0.3 is 61.3 Å². The summed E-state index contributed by atoms with van der Waals surface area (Å²) in [5.74, 6) is -0.941. The average Bonchev–Trinajstić information content (AvgIpc) is 3.09. The molecule has 12 heteroatoms. The van der Waals surface area contributed by atoms with Gasteiger partial charge in [-0.25, -0.2) is 0 Å². The van der Waals surface area contributed by atoms with Crippen molar-refractivity contribution in [3.8, 4) is 69.0 Å². The van der Waals surface area contributed by atoms with Gasteiger partial charge in [0.25, 0.3) is 0 Å². The van der Waals surface area contributed by atoms with Crippen molar-refractivity contribution in [3.05, 3.63) is 108 Å². The van der Waals surface area contributed by atoms with Crippen molar-refractivity contribution in [2.45, 2.75) is 78.6 Å². The number of aromatic hydroxyl groups is 12. The lowest BCUT2D eigenvalue weighted by Crippen LogP contribution is -1.93. The number of rotatable bonds is 12. The second-order valence-corrected chi connectivity index (χ2v) is 12.1.